The van der Waals surface area contributed by atoms with Crippen LogP contribution in [0.4, 0.5) is 0 Å². The monoisotopic (exact) mass is 219 g/mol. The summed E-state index contributed by atoms with van der Waals surface area (Å²) in [4.78, 5) is 4.31. The predicted molar refractivity (Wildman–Crippen MR) is 62.0 cm³/mol. The van der Waals surface area contributed by atoms with Crippen molar-refractivity contribution in [3.05, 3.63) is 41.9 Å². The Labute approximate surface area is 95.1 Å². The Balaban J connectivity index is 2.10. The van der Waals surface area contributed by atoms with Gasteiger partial charge in [-0.05, 0) is 19.9 Å². The van der Waals surface area contributed by atoms with E-state index >= 15 is 0 Å². The zero-order chi connectivity index (χ0) is 11.5. The Hall–Kier alpha value is -1.55. The van der Waals surface area contributed by atoms with Gasteiger partial charge >= 0.3 is 0 Å². The molecule has 2 aromatic heterocycles. The first-order valence-corrected chi connectivity index (χ1v) is 5.51. The van der Waals surface area contributed by atoms with Gasteiger partial charge in [-0.1, -0.05) is 0 Å². The van der Waals surface area contributed by atoms with Crippen LogP contribution in [0.15, 0.2) is 29.1 Å². The third-order valence-corrected chi connectivity index (χ3v) is 2.72. The van der Waals surface area contributed by atoms with Gasteiger partial charge in [-0.2, -0.15) is 0 Å². The van der Waals surface area contributed by atoms with Crippen LogP contribution in [0, 0.1) is 6.92 Å². The maximum absolute atomic E-state index is 6.11. The second kappa shape index (κ2) is 4.53. The van der Waals surface area contributed by atoms with Crippen molar-refractivity contribution < 1.29 is 4.42 Å². The first kappa shape index (κ1) is 11.0. The second-order valence-corrected chi connectivity index (χ2v) is 3.93. The van der Waals surface area contributed by atoms with Crippen molar-refractivity contribution in [1.82, 2.24) is 9.55 Å². The zero-order valence-corrected chi connectivity index (χ0v) is 9.68. The molecule has 0 aliphatic carbocycles. The molecule has 1 atom stereocenters. The average molecular weight is 219 g/mol. The summed E-state index contributed by atoms with van der Waals surface area (Å²) in [6.07, 6.45) is 6.24. The van der Waals surface area contributed by atoms with Crippen LogP contribution in [0.5, 0.6) is 0 Å². The first-order chi connectivity index (χ1) is 7.70. The summed E-state index contributed by atoms with van der Waals surface area (Å²) in [6, 6.07) is 1.93. The number of nitrogens with zero attached hydrogens (tertiary/aromatic N) is 2. The van der Waals surface area contributed by atoms with Crippen molar-refractivity contribution in [3.63, 3.8) is 0 Å². The molecule has 0 aromatic carbocycles. The number of aryl methyl sites for hydroxylation is 2. The number of imidazole rings is 1. The summed E-state index contributed by atoms with van der Waals surface area (Å²) >= 11 is 0. The molecule has 86 valence electrons. The molecular weight excluding hydrogens is 202 g/mol. The van der Waals surface area contributed by atoms with Crippen LogP contribution < -0.4 is 5.73 Å². The summed E-state index contributed by atoms with van der Waals surface area (Å²) < 4.78 is 7.36. The largest absolute Gasteiger partial charge is 0.469 e. The quantitative estimate of drug-likeness (QED) is 0.856. The minimum absolute atomic E-state index is 0.0508. The Morgan fingerprint density at radius 1 is 1.56 bits per heavy atom. The van der Waals surface area contributed by atoms with Gasteiger partial charge in [0.25, 0.3) is 0 Å². The van der Waals surface area contributed by atoms with E-state index in [4.69, 9.17) is 10.2 Å². The minimum atomic E-state index is -0.0508. The van der Waals surface area contributed by atoms with Crippen molar-refractivity contribution in [1.29, 1.82) is 0 Å². The number of rotatable bonds is 4. The minimum Gasteiger partial charge on any atom is -0.469 e. The first-order valence-electron chi connectivity index (χ1n) is 5.51. The van der Waals surface area contributed by atoms with Crippen LogP contribution >= 0.6 is 0 Å². The van der Waals surface area contributed by atoms with Gasteiger partial charge in [-0.3, -0.25) is 0 Å². The second-order valence-electron chi connectivity index (χ2n) is 3.93. The molecule has 2 aromatic rings. The standard InChI is InChI=1S/C12H17N3O/c1-3-15-5-4-14-12(15)7-11(13)10-6-9(2)16-8-10/h4-6,8,11H,3,7,13H2,1-2H3. The lowest BCUT2D eigenvalue weighted by Crippen LogP contribution is -2.15. The van der Waals surface area contributed by atoms with E-state index in [0.29, 0.717) is 0 Å². The fourth-order valence-corrected chi connectivity index (χ4v) is 1.79. The molecule has 0 spiro atoms. The number of nitrogens with two attached hydrogens (primary N) is 1. The molecule has 4 heteroatoms. The molecular formula is C12H17N3O. The molecule has 16 heavy (non-hydrogen) atoms. The highest BCUT2D eigenvalue weighted by Gasteiger charge is 2.12. The number of furan rings is 1. The molecule has 4 nitrogen and oxygen atoms in total. The molecule has 0 fully saturated rings. The topological polar surface area (TPSA) is 57.0 Å². The van der Waals surface area contributed by atoms with Gasteiger partial charge in [0.1, 0.15) is 11.6 Å². The maximum Gasteiger partial charge on any atom is 0.110 e. The SMILES string of the molecule is CCn1ccnc1CC(N)c1coc(C)c1. The van der Waals surface area contributed by atoms with E-state index in [1.54, 1.807) is 6.26 Å². The van der Waals surface area contributed by atoms with Gasteiger partial charge in [0, 0.05) is 37.0 Å². The molecule has 0 amide bonds. The van der Waals surface area contributed by atoms with E-state index in [0.717, 1.165) is 30.1 Å². The van der Waals surface area contributed by atoms with Gasteiger partial charge in [0.05, 0.1) is 6.26 Å². The highest BCUT2D eigenvalue weighted by atomic mass is 16.3. The van der Waals surface area contributed by atoms with Crippen LogP contribution in [-0.4, -0.2) is 9.55 Å². The molecule has 0 aliphatic heterocycles. The van der Waals surface area contributed by atoms with E-state index in [9.17, 15) is 0 Å². The third kappa shape index (κ3) is 2.17. The summed E-state index contributed by atoms with van der Waals surface area (Å²) in [5.74, 6) is 1.91. The van der Waals surface area contributed by atoms with Gasteiger partial charge in [-0.25, -0.2) is 4.98 Å². The lowest BCUT2D eigenvalue weighted by molar-refractivity contribution is 0.526. The molecule has 2 heterocycles. The fourth-order valence-electron chi connectivity index (χ4n) is 1.79. The van der Waals surface area contributed by atoms with E-state index in [-0.39, 0.29) is 6.04 Å². The molecule has 1 unspecified atom stereocenters. The van der Waals surface area contributed by atoms with Crippen LogP contribution in [-0.2, 0) is 13.0 Å². The summed E-state index contributed by atoms with van der Waals surface area (Å²) in [6.45, 7) is 4.94. The zero-order valence-electron chi connectivity index (χ0n) is 9.68. The molecule has 2 N–H and O–H groups in total. The van der Waals surface area contributed by atoms with Crippen LogP contribution in [0.25, 0.3) is 0 Å². The molecule has 0 bridgehead atoms. The lowest BCUT2D eigenvalue weighted by atomic mass is 10.1. The normalized spacial score (nSPS) is 12.9. The summed E-state index contributed by atoms with van der Waals surface area (Å²) in [7, 11) is 0. The van der Waals surface area contributed by atoms with Gasteiger partial charge in [-0.15, -0.1) is 0 Å². The summed E-state index contributed by atoms with van der Waals surface area (Å²) in [5, 5.41) is 0. The van der Waals surface area contributed by atoms with Crippen molar-refractivity contribution in [2.45, 2.75) is 32.9 Å². The van der Waals surface area contributed by atoms with E-state index < -0.39 is 0 Å². The van der Waals surface area contributed by atoms with Crippen molar-refractivity contribution in [3.8, 4) is 0 Å². The Bertz CT molecular complexity index is 458. The number of aromatic nitrogens is 2. The Morgan fingerprint density at radius 3 is 3.00 bits per heavy atom. The Kier molecular flexibility index (Phi) is 3.10. The van der Waals surface area contributed by atoms with E-state index in [1.807, 2.05) is 25.4 Å². The smallest absolute Gasteiger partial charge is 0.110 e. The average Bonchev–Trinajstić information content (AvgIpc) is 2.86. The van der Waals surface area contributed by atoms with Gasteiger partial charge < -0.3 is 14.7 Å². The highest BCUT2D eigenvalue weighted by Crippen LogP contribution is 2.17. The molecule has 0 aliphatic rings. The Morgan fingerprint density at radius 2 is 2.38 bits per heavy atom. The molecule has 0 saturated heterocycles. The van der Waals surface area contributed by atoms with Crippen LogP contribution in [0.3, 0.4) is 0 Å². The van der Waals surface area contributed by atoms with Crippen LogP contribution in [0.1, 0.15) is 30.1 Å². The van der Waals surface area contributed by atoms with Gasteiger partial charge in [0.2, 0.25) is 0 Å². The highest BCUT2D eigenvalue weighted by molar-refractivity contribution is 5.17. The summed E-state index contributed by atoms with van der Waals surface area (Å²) in [5.41, 5.74) is 7.14. The fraction of sp³-hybridized carbons (Fsp3) is 0.417. The van der Waals surface area contributed by atoms with Crippen molar-refractivity contribution >= 4 is 0 Å². The lowest BCUT2D eigenvalue weighted by Gasteiger charge is -2.10. The maximum atomic E-state index is 6.11. The molecule has 0 saturated carbocycles. The van der Waals surface area contributed by atoms with E-state index in [1.165, 1.54) is 0 Å². The molecule has 0 radical (unpaired) electrons. The number of hydrogen-bond donors (Lipinski definition) is 1. The molecule has 2 rings (SSSR count). The van der Waals surface area contributed by atoms with Crippen molar-refractivity contribution in [2.75, 3.05) is 0 Å². The van der Waals surface area contributed by atoms with E-state index in [2.05, 4.69) is 16.5 Å². The number of hydrogen-bond acceptors (Lipinski definition) is 3. The third-order valence-electron chi connectivity index (χ3n) is 2.72. The van der Waals surface area contributed by atoms with Crippen LogP contribution in [0.2, 0.25) is 0 Å². The predicted octanol–water partition coefficient (Wildman–Crippen LogP) is 2.05. The van der Waals surface area contributed by atoms with Crippen molar-refractivity contribution in [2.24, 2.45) is 5.73 Å². The van der Waals surface area contributed by atoms with Gasteiger partial charge in [0.15, 0.2) is 0 Å².